The van der Waals surface area contributed by atoms with Gasteiger partial charge in [0.25, 0.3) is 11.8 Å². The quantitative estimate of drug-likeness (QED) is 0.838. The molecule has 1 aliphatic rings. The van der Waals surface area contributed by atoms with Gasteiger partial charge in [-0.1, -0.05) is 0 Å². The van der Waals surface area contributed by atoms with E-state index in [1.54, 1.807) is 0 Å². The van der Waals surface area contributed by atoms with Crippen LogP contribution in [0.1, 0.15) is 23.2 Å². The van der Waals surface area contributed by atoms with Gasteiger partial charge in [-0.05, 0) is 31.0 Å². The minimum absolute atomic E-state index is 0.0406. The van der Waals surface area contributed by atoms with E-state index in [1.165, 1.54) is 24.1 Å². The summed E-state index contributed by atoms with van der Waals surface area (Å²) < 4.78 is 18.4. The predicted octanol–water partition coefficient (Wildman–Crippen LogP) is 0.287. The highest BCUT2D eigenvalue weighted by molar-refractivity contribution is 5.95. The Bertz CT molecular complexity index is 578. The number of likely N-dealkylation sites (tertiary alicyclic amines) is 1. The lowest BCUT2D eigenvalue weighted by molar-refractivity contribution is -0.140. The van der Waals surface area contributed by atoms with E-state index >= 15 is 0 Å². The standard InChI is InChI=1S/C14H17FN2O4/c1-21-11-4-3-9(7-10(11)15)12(18)17-6-2-5-14(20,8-17)13(16)19/h3-4,7,20H,2,5-6,8H2,1H3,(H2,16,19)/t14-/m0/s1. The van der Waals surface area contributed by atoms with Crippen molar-refractivity contribution in [1.82, 2.24) is 4.90 Å². The van der Waals surface area contributed by atoms with Crippen molar-refractivity contribution in [2.24, 2.45) is 5.73 Å². The van der Waals surface area contributed by atoms with Crippen molar-refractivity contribution < 1.29 is 23.8 Å². The van der Waals surface area contributed by atoms with Crippen molar-refractivity contribution in [3.8, 4) is 5.75 Å². The van der Waals surface area contributed by atoms with Gasteiger partial charge in [0.2, 0.25) is 0 Å². The molecule has 1 atom stereocenters. The Morgan fingerprint density at radius 2 is 2.19 bits per heavy atom. The third-order valence-corrected chi connectivity index (χ3v) is 3.62. The maximum Gasteiger partial charge on any atom is 0.254 e. The maximum absolute atomic E-state index is 13.6. The zero-order chi connectivity index (χ0) is 15.6. The lowest BCUT2D eigenvalue weighted by atomic mass is 9.92. The molecule has 3 N–H and O–H groups in total. The van der Waals surface area contributed by atoms with Crippen LogP contribution < -0.4 is 10.5 Å². The number of methoxy groups -OCH3 is 1. The molecule has 1 fully saturated rings. The smallest absolute Gasteiger partial charge is 0.254 e. The number of piperidine rings is 1. The number of rotatable bonds is 3. The van der Waals surface area contributed by atoms with Gasteiger partial charge < -0.3 is 20.5 Å². The first kappa shape index (κ1) is 15.2. The van der Waals surface area contributed by atoms with Gasteiger partial charge in [-0.3, -0.25) is 9.59 Å². The Balaban J connectivity index is 2.20. The van der Waals surface area contributed by atoms with Crippen LogP contribution in [-0.2, 0) is 4.79 Å². The summed E-state index contributed by atoms with van der Waals surface area (Å²) in [4.78, 5) is 24.9. The highest BCUT2D eigenvalue weighted by atomic mass is 19.1. The molecule has 0 radical (unpaired) electrons. The number of amides is 2. The summed E-state index contributed by atoms with van der Waals surface area (Å²) >= 11 is 0. The van der Waals surface area contributed by atoms with Crippen molar-refractivity contribution in [2.75, 3.05) is 20.2 Å². The van der Waals surface area contributed by atoms with Crippen LogP contribution >= 0.6 is 0 Å². The van der Waals surface area contributed by atoms with Crippen LogP contribution in [0.3, 0.4) is 0 Å². The van der Waals surface area contributed by atoms with Gasteiger partial charge in [0.1, 0.15) is 0 Å². The van der Waals surface area contributed by atoms with Crippen LogP contribution in [0.15, 0.2) is 18.2 Å². The number of nitrogens with zero attached hydrogens (tertiary/aromatic N) is 1. The number of primary amides is 1. The number of hydrogen-bond donors (Lipinski definition) is 2. The van der Waals surface area contributed by atoms with Crippen LogP contribution in [-0.4, -0.2) is 47.6 Å². The lowest BCUT2D eigenvalue weighted by Crippen LogP contribution is -2.57. The molecule has 1 saturated heterocycles. The molecule has 6 nitrogen and oxygen atoms in total. The normalized spacial score (nSPS) is 22.0. The van der Waals surface area contributed by atoms with Crippen molar-refractivity contribution in [1.29, 1.82) is 0 Å². The van der Waals surface area contributed by atoms with Crippen molar-refractivity contribution in [3.63, 3.8) is 0 Å². The topological polar surface area (TPSA) is 92.9 Å². The Kier molecular flexibility index (Phi) is 4.13. The SMILES string of the molecule is COc1ccc(C(=O)N2CCC[C@@](O)(C(N)=O)C2)cc1F. The molecule has 0 saturated carbocycles. The molecule has 1 aromatic carbocycles. The number of nitrogens with two attached hydrogens (primary N) is 1. The summed E-state index contributed by atoms with van der Waals surface area (Å²) in [5.41, 5.74) is 3.56. The van der Waals surface area contributed by atoms with E-state index in [4.69, 9.17) is 10.5 Å². The fourth-order valence-corrected chi connectivity index (χ4v) is 2.39. The first-order chi connectivity index (χ1) is 9.87. The molecule has 0 unspecified atom stereocenters. The third kappa shape index (κ3) is 2.97. The first-order valence-corrected chi connectivity index (χ1v) is 6.52. The van der Waals surface area contributed by atoms with E-state index in [-0.39, 0.29) is 24.3 Å². The van der Waals surface area contributed by atoms with Crippen molar-refractivity contribution in [2.45, 2.75) is 18.4 Å². The molecule has 7 heteroatoms. The molecule has 0 spiro atoms. The fourth-order valence-electron chi connectivity index (χ4n) is 2.39. The minimum atomic E-state index is -1.72. The summed E-state index contributed by atoms with van der Waals surface area (Å²) in [7, 11) is 1.33. The summed E-state index contributed by atoms with van der Waals surface area (Å²) in [5, 5.41) is 10.1. The van der Waals surface area contributed by atoms with Crippen LogP contribution in [0.4, 0.5) is 4.39 Å². The van der Waals surface area contributed by atoms with Crippen LogP contribution in [0.25, 0.3) is 0 Å². The zero-order valence-corrected chi connectivity index (χ0v) is 11.6. The molecule has 21 heavy (non-hydrogen) atoms. The molecule has 0 aromatic heterocycles. The lowest BCUT2D eigenvalue weighted by Gasteiger charge is -2.37. The molecular formula is C14H17FN2O4. The van der Waals surface area contributed by atoms with Crippen molar-refractivity contribution >= 4 is 11.8 Å². The van der Waals surface area contributed by atoms with Gasteiger partial charge >= 0.3 is 0 Å². The number of β-amino-alcohol motifs (C(OH)–C–C–N with tert-alkyl or cyclic N) is 1. The van der Waals surface area contributed by atoms with E-state index in [1.807, 2.05) is 0 Å². The average molecular weight is 296 g/mol. The number of carbonyl (C=O) groups is 2. The van der Waals surface area contributed by atoms with Gasteiger partial charge in [0.15, 0.2) is 17.2 Å². The van der Waals surface area contributed by atoms with Gasteiger partial charge in [0, 0.05) is 12.1 Å². The molecular weight excluding hydrogens is 279 g/mol. The second-order valence-electron chi connectivity index (χ2n) is 5.08. The Morgan fingerprint density at radius 1 is 1.48 bits per heavy atom. The van der Waals surface area contributed by atoms with Gasteiger partial charge in [-0.15, -0.1) is 0 Å². The van der Waals surface area contributed by atoms with Crippen LogP contribution in [0, 0.1) is 5.82 Å². The molecule has 1 aromatic rings. The number of carbonyl (C=O) groups excluding carboxylic acids is 2. The second kappa shape index (κ2) is 5.69. The monoisotopic (exact) mass is 296 g/mol. The molecule has 0 aliphatic carbocycles. The fraction of sp³-hybridized carbons (Fsp3) is 0.429. The zero-order valence-electron chi connectivity index (χ0n) is 11.6. The first-order valence-electron chi connectivity index (χ1n) is 6.52. The van der Waals surface area contributed by atoms with Crippen molar-refractivity contribution in [3.05, 3.63) is 29.6 Å². The highest BCUT2D eigenvalue weighted by Crippen LogP contribution is 2.24. The predicted molar refractivity (Wildman–Crippen MR) is 72.2 cm³/mol. The molecule has 2 rings (SSSR count). The van der Waals surface area contributed by atoms with E-state index < -0.39 is 23.2 Å². The van der Waals surface area contributed by atoms with E-state index in [0.29, 0.717) is 13.0 Å². The van der Waals surface area contributed by atoms with E-state index in [2.05, 4.69) is 0 Å². The van der Waals surface area contributed by atoms with Gasteiger partial charge in [-0.2, -0.15) is 0 Å². The molecule has 2 amide bonds. The van der Waals surface area contributed by atoms with Crippen LogP contribution in [0.2, 0.25) is 0 Å². The van der Waals surface area contributed by atoms with Gasteiger partial charge in [0.05, 0.1) is 13.7 Å². The number of aliphatic hydroxyl groups is 1. The van der Waals surface area contributed by atoms with E-state index in [0.717, 1.165) is 6.07 Å². The van der Waals surface area contributed by atoms with Crippen LogP contribution in [0.5, 0.6) is 5.75 Å². The third-order valence-electron chi connectivity index (χ3n) is 3.62. The Hall–Kier alpha value is -2.15. The average Bonchev–Trinajstić information content (AvgIpc) is 2.46. The second-order valence-corrected chi connectivity index (χ2v) is 5.08. The summed E-state index contributed by atoms with van der Waals surface area (Å²) in [6, 6.07) is 3.86. The number of ether oxygens (including phenoxy) is 1. The molecule has 1 heterocycles. The molecule has 114 valence electrons. The Morgan fingerprint density at radius 3 is 2.76 bits per heavy atom. The summed E-state index contributed by atoms with van der Waals surface area (Å²) in [6.45, 7) is 0.191. The number of halogens is 1. The number of hydrogen-bond acceptors (Lipinski definition) is 4. The Labute approximate surface area is 121 Å². The minimum Gasteiger partial charge on any atom is -0.494 e. The van der Waals surface area contributed by atoms with E-state index in [9.17, 15) is 19.1 Å². The maximum atomic E-state index is 13.6. The summed E-state index contributed by atoms with van der Waals surface area (Å²) in [6.07, 6.45) is 0.660. The summed E-state index contributed by atoms with van der Waals surface area (Å²) in [5.74, 6) is -1.93. The largest absolute Gasteiger partial charge is 0.494 e. The highest BCUT2D eigenvalue weighted by Gasteiger charge is 2.40. The molecule has 0 bridgehead atoms. The van der Waals surface area contributed by atoms with Gasteiger partial charge in [-0.25, -0.2) is 4.39 Å². The number of benzene rings is 1. The molecule has 1 aliphatic heterocycles.